The lowest BCUT2D eigenvalue weighted by Gasteiger charge is -2.30. The van der Waals surface area contributed by atoms with Gasteiger partial charge in [0.15, 0.2) is 0 Å². The number of ether oxygens (including phenoxy) is 1. The van der Waals surface area contributed by atoms with Gasteiger partial charge in [-0.05, 0) is 48.9 Å². The van der Waals surface area contributed by atoms with E-state index in [0.717, 1.165) is 25.0 Å². The van der Waals surface area contributed by atoms with Crippen LogP contribution in [0.5, 0.6) is 5.75 Å². The van der Waals surface area contributed by atoms with E-state index in [4.69, 9.17) is 4.74 Å². The molecule has 0 fully saturated rings. The molecule has 2 atom stereocenters. The van der Waals surface area contributed by atoms with Crippen LogP contribution in [0.15, 0.2) is 18.2 Å². The van der Waals surface area contributed by atoms with Gasteiger partial charge in [-0.3, -0.25) is 0 Å². The summed E-state index contributed by atoms with van der Waals surface area (Å²) in [6.07, 6.45) is 4.43. The Morgan fingerprint density at radius 2 is 2.33 bits per heavy atom. The van der Waals surface area contributed by atoms with Gasteiger partial charge in [0.05, 0.1) is 13.7 Å². The van der Waals surface area contributed by atoms with Crippen molar-refractivity contribution in [3.05, 3.63) is 29.3 Å². The van der Waals surface area contributed by atoms with Crippen LogP contribution in [0.25, 0.3) is 0 Å². The fourth-order valence-corrected chi connectivity index (χ4v) is 2.67. The van der Waals surface area contributed by atoms with Gasteiger partial charge in [0, 0.05) is 12.1 Å². The molecule has 2 rings (SSSR count). The van der Waals surface area contributed by atoms with E-state index in [9.17, 15) is 5.11 Å². The molecule has 0 amide bonds. The second-order valence-electron chi connectivity index (χ2n) is 4.96. The topological polar surface area (TPSA) is 41.5 Å². The van der Waals surface area contributed by atoms with Crippen molar-refractivity contribution in [3.8, 4) is 5.75 Å². The minimum Gasteiger partial charge on any atom is -0.497 e. The van der Waals surface area contributed by atoms with E-state index in [1.165, 1.54) is 17.5 Å². The molecule has 0 saturated heterocycles. The van der Waals surface area contributed by atoms with Crippen LogP contribution in [0.4, 0.5) is 0 Å². The summed E-state index contributed by atoms with van der Waals surface area (Å²) in [5, 5.41) is 12.9. The Labute approximate surface area is 109 Å². The standard InChI is InChI=1S/C15H23NO2/c1-3-12(10-17)16-15-6-4-5-11-9-13(18-2)7-8-14(11)15/h7-9,12,15-17H,3-6,10H2,1-2H3. The number of hydrogen-bond acceptors (Lipinski definition) is 3. The molecule has 0 radical (unpaired) electrons. The molecule has 0 saturated carbocycles. The molecule has 18 heavy (non-hydrogen) atoms. The second kappa shape index (κ2) is 6.21. The number of rotatable bonds is 5. The first-order valence-corrected chi connectivity index (χ1v) is 6.82. The Morgan fingerprint density at radius 3 is 3.00 bits per heavy atom. The highest BCUT2D eigenvalue weighted by Gasteiger charge is 2.22. The summed E-state index contributed by atoms with van der Waals surface area (Å²) in [4.78, 5) is 0. The van der Waals surface area contributed by atoms with Gasteiger partial charge in [0.2, 0.25) is 0 Å². The normalized spacial score (nSPS) is 20.3. The van der Waals surface area contributed by atoms with Gasteiger partial charge in [-0.15, -0.1) is 0 Å². The number of hydrogen-bond donors (Lipinski definition) is 2. The smallest absolute Gasteiger partial charge is 0.119 e. The number of nitrogens with one attached hydrogen (secondary N) is 1. The van der Waals surface area contributed by atoms with E-state index in [-0.39, 0.29) is 12.6 Å². The van der Waals surface area contributed by atoms with Crippen LogP contribution in [0.3, 0.4) is 0 Å². The molecule has 3 nitrogen and oxygen atoms in total. The van der Waals surface area contributed by atoms with E-state index in [1.54, 1.807) is 7.11 Å². The second-order valence-corrected chi connectivity index (χ2v) is 4.96. The van der Waals surface area contributed by atoms with Crippen LogP contribution in [0.1, 0.15) is 43.4 Å². The highest BCUT2D eigenvalue weighted by atomic mass is 16.5. The monoisotopic (exact) mass is 249 g/mol. The number of methoxy groups -OCH3 is 1. The summed E-state index contributed by atoms with van der Waals surface area (Å²) in [6, 6.07) is 6.90. The molecule has 0 spiro atoms. The average molecular weight is 249 g/mol. The lowest BCUT2D eigenvalue weighted by Crippen LogP contribution is -2.36. The van der Waals surface area contributed by atoms with Crippen LogP contribution < -0.4 is 10.1 Å². The van der Waals surface area contributed by atoms with Crippen molar-refractivity contribution in [2.24, 2.45) is 0 Å². The third kappa shape index (κ3) is 2.85. The molecule has 1 aliphatic rings. The van der Waals surface area contributed by atoms with Crippen LogP contribution in [-0.4, -0.2) is 24.9 Å². The number of benzene rings is 1. The molecule has 1 aromatic carbocycles. The summed E-state index contributed by atoms with van der Waals surface area (Å²) in [5.41, 5.74) is 2.75. The maximum atomic E-state index is 9.30. The van der Waals surface area contributed by atoms with Crippen molar-refractivity contribution in [2.75, 3.05) is 13.7 Å². The Bertz CT molecular complexity index is 388. The fourth-order valence-electron chi connectivity index (χ4n) is 2.67. The van der Waals surface area contributed by atoms with Gasteiger partial charge < -0.3 is 15.2 Å². The largest absolute Gasteiger partial charge is 0.497 e. The molecular formula is C15H23NO2. The average Bonchev–Trinajstić information content (AvgIpc) is 2.44. The van der Waals surface area contributed by atoms with E-state index in [1.807, 2.05) is 6.07 Å². The van der Waals surface area contributed by atoms with Gasteiger partial charge in [-0.25, -0.2) is 0 Å². The van der Waals surface area contributed by atoms with Crippen LogP contribution in [0.2, 0.25) is 0 Å². The molecule has 3 heteroatoms. The van der Waals surface area contributed by atoms with Gasteiger partial charge in [-0.2, -0.15) is 0 Å². The van der Waals surface area contributed by atoms with E-state index in [0.29, 0.717) is 6.04 Å². The van der Waals surface area contributed by atoms with Crippen LogP contribution >= 0.6 is 0 Å². The summed E-state index contributed by atoms with van der Waals surface area (Å²) in [6.45, 7) is 2.31. The van der Waals surface area contributed by atoms with Crippen molar-refractivity contribution in [3.63, 3.8) is 0 Å². The van der Waals surface area contributed by atoms with E-state index >= 15 is 0 Å². The summed E-state index contributed by atoms with van der Waals surface area (Å²) < 4.78 is 5.28. The zero-order chi connectivity index (χ0) is 13.0. The molecule has 0 aromatic heterocycles. The molecule has 1 aromatic rings. The Morgan fingerprint density at radius 1 is 1.50 bits per heavy atom. The number of aliphatic hydroxyl groups is 1. The molecular weight excluding hydrogens is 226 g/mol. The minimum absolute atomic E-state index is 0.197. The van der Waals surface area contributed by atoms with Crippen molar-refractivity contribution in [2.45, 2.75) is 44.7 Å². The SMILES string of the molecule is CCC(CO)NC1CCCc2cc(OC)ccc21. The van der Waals surface area contributed by atoms with Gasteiger partial charge in [-0.1, -0.05) is 13.0 Å². The van der Waals surface area contributed by atoms with Crippen molar-refractivity contribution in [1.29, 1.82) is 0 Å². The van der Waals surface area contributed by atoms with Gasteiger partial charge >= 0.3 is 0 Å². The third-order valence-corrected chi connectivity index (χ3v) is 3.81. The van der Waals surface area contributed by atoms with Crippen LogP contribution in [0, 0.1) is 0 Å². The van der Waals surface area contributed by atoms with E-state index < -0.39 is 0 Å². The van der Waals surface area contributed by atoms with Crippen molar-refractivity contribution < 1.29 is 9.84 Å². The highest BCUT2D eigenvalue weighted by Crippen LogP contribution is 2.32. The maximum Gasteiger partial charge on any atom is 0.119 e. The van der Waals surface area contributed by atoms with E-state index in [2.05, 4.69) is 24.4 Å². The number of aryl methyl sites for hydroxylation is 1. The molecule has 0 bridgehead atoms. The predicted molar refractivity (Wildman–Crippen MR) is 73.0 cm³/mol. The zero-order valence-electron chi connectivity index (χ0n) is 11.3. The summed E-state index contributed by atoms with van der Waals surface area (Å²) >= 11 is 0. The first kappa shape index (κ1) is 13.4. The Kier molecular flexibility index (Phi) is 4.61. The predicted octanol–water partition coefficient (Wildman–Crippen LogP) is 2.43. The van der Waals surface area contributed by atoms with Crippen molar-refractivity contribution in [1.82, 2.24) is 5.32 Å². The third-order valence-electron chi connectivity index (χ3n) is 3.81. The first-order chi connectivity index (χ1) is 8.78. The Hall–Kier alpha value is -1.06. The first-order valence-electron chi connectivity index (χ1n) is 6.82. The summed E-state index contributed by atoms with van der Waals surface area (Å²) in [5.74, 6) is 0.934. The zero-order valence-corrected chi connectivity index (χ0v) is 11.3. The number of aliphatic hydroxyl groups excluding tert-OH is 1. The van der Waals surface area contributed by atoms with Crippen LogP contribution in [-0.2, 0) is 6.42 Å². The molecule has 100 valence electrons. The quantitative estimate of drug-likeness (QED) is 0.842. The molecule has 2 N–H and O–H groups in total. The molecule has 2 unspecified atom stereocenters. The highest BCUT2D eigenvalue weighted by molar-refractivity contribution is 5.39. The lowest BCUT2D eigenvalue weighted by atomic mass is 9.87. The molecule has 1 aliphatic carbocycles. The van der Waals surface area contributed by atoms with Crippen molar-refractivity contribution >= 4 is 0 Å². The summed E-state index contributed by atoms with van der Waals surface area (Å²) in [7, 11) is 1.71. The minimum atomic E-state index is 0.197. The molecule has 0 heterocycles. The maximum absolute atomic E-state index is 9.30. The van der Waals surface area contributed by atoms with Gasteiger partial charge in [0.25, 0.3) is 0 Å². The Balaban J connectivity index is 2.17. The fraction of sp³-hybridized carbons (Fsp3) is 0.600. The lowest BCUT2D eigenvalue weighted by molar-refractivity contribution is 0.223. The van der Waals surface area contributed by atoms with Gasteiger partial charge in [0.1, 0.15) is 5.75 Å². The molecule has 0 aliphatic heterocycles. The number of fused-ring (bicyclic) bond motifs is 1.